The van der Waals surface area contributed by atoms with Crippen molar-refractivity contribution in [1.29, 1.82) is 0 Å². The lowest BCUT2D eigenvalue weighted by atomic mass is 9.91. The number of aliphatic hydroxyl groups excluding tert-OH is 1. The SMILES string of the molecule is C/C=C/C[C@@H](C)[C@@H](O)[C@H]1C(=O)N[C@@H](CC)C(=O)N(C)CC(=O)N(C)[C@@H](CC(C)C)C(=O)N[C@@H](C(C)C)C(=O)N(C)[C@@H](CC(C)C)C(=O)N[C@@H](C)C(=O)N[C@H](CSCC(=O)OC)C(=O)N(C)[C@@H](CC(C)C)C(=O)N(C)[C@@H](CC(C)C)C(=O)N(C)[C@@H](C(C)C)C(=O)N1C. The second kappa shape index (κ2) is 38.6. The summed E-state index contributed by atoms with van der Waals surface area (Å²) in [5.41, 5.74) is 0. The monoisotopic (exact) mass is 1310 g/mol. The van der Waals surface area contributed by atoms with Crippen LogP contribution in [0.1, 0.15) is 149 Å². The standard InChI is InChI=1S/C65H115N11O14S/c1-25-27-28-42(15)55(79)54-59(83)67-44(26-2)60(84)70(17)33-50(77)71(18)46(29-36(3)4)58(82)69-52(40(11)12)64(88)72(19)47(30-37(5)6)57(81)66-43(16)56(80)68-45(34-91-35-51(78)90-24)61(85)73(20)48(31-38(7)8)62(86)74(21)49(32-39(9)10)63(87)75(22)53(41(13)14)65(89)76(54)23/h25,27,36-49,52-55,79H,26,28-35H2,1-24H3,(H,66,81)(H,67,83)(H,68,80)(H,69,82)/b27-25+/t42-,43+,44+,45-,46+,47+,48+,49+,52+,53+,54+,55-/m1/s1. The van der Waals surface area contributed by atoms with Gasteiger partial charge in [-0.1, -0.05) is 109 Å². The van der Waals surface area contributed by atoms with Crippen LogP contribution in [0.5, 0.6) is 0 Å². The minimum atomic E-state index is -1.64. The third kappa shape index (κ3) is 24.3. The van der Waals surface area contributed by atoms with Gasteiger partial charge in [0, 0.05) is 55.1 Å². The van der Waals surface area contributed by atoms with Crippen LogP contribution in [0.2, 0.25) is 0 Å². The van der Waals surface area contributed by atoms with Crippen molar-refractivity contribution in [3.05, 3.63) is 12.2 Å². The van der Waals surface area contributed by atoms with E-state index in [9.17, 15) is 48.3 Å². The van der Waals surface area contributed by atoms with Crippen molar-refractivity contribution < 1.29 is 67.4 Å². The average Bonchev–Trinajstić information content (AvgIpc) is 0.841. The smallest absolute Gasteiger partial charge is 0.315 e. The van der Waals surface area contributed by atoms with Gasteiger partial charge in [-0.15, -0.1) is 11.8 Å². The molecule has 0 aromatic rings. The summed E-state index contributed by atoms with van der Waals surface area (Å²) in [5.74, 6) is -11.5. The zero-order chi connectivity index (χ0) is 70.4. The van der Waals surface area contributed by atoms with Crippen molar-refractivity contribution in [2.24, 2.45) is 41.4 Å². The van der Waals surface area contributed by atoms with Gasteiger partial charge in [0.1, 0.15) is 60.4 Å². The van der Waals surface area contributed by atoms with Gasteiger partial charge in [0.15, 0.2) is 0 Å². The summed E-state index contributed by atoms with van der Waals surface area (Å²) in [6.45, 7) is 27.6. The molecule has 1 saturated heterocycles. The van der Waals surface area contributed by atoms with Crippen molar-refractivity contribution in [3.8, 4) is 0 Å². The van der Waals surface area contributed by atoms with E-state index in [1.807, 2.05) is 55.4 Å². The number of ether oxygens (including phenoxy) is 1. The van der Waals surface area contributed by atoms with Crippen molar-refractivity contribution in [3.63, 3.8) is 0 Å². The van der Waals surface area contributed by atoms with Gasteiger partial charge in [0.05, 0.1) is 25.5 Å². The predicted molar refractivity (Wildman–Crippen MR) is 352 cm³/mol. The molecule has 0 saturated carbocycles. The number of nitrogens with one attached hydrogen (secondary N) is 4. The summed E-state index contributed by atoms with van der Waals surface area (Å²) in [7, 11) is 11.0. The molecule has 1 aliphatic rings. The third-order valence-corrected chi connectivity index (χ3v) is 17.7. The summed E-state index contributed by atoms with van der Waals surface area (Å²) < 4.78 is 4.84. The van der Waals surface area contributed by atoms with Gasteiger partial charge in [-0.3, -0.25) is 57.5 Å². The zero-order valence-corrected chi connectivity index (χ0v) is 60.0. The number of allylic oxidation sites excluding steroid dienone is 2. The number of nitrogens with zero attached hydrogens (tertiary/aromatic N) is 7. The topological polar surface area (TPSA) is 305 Å². The number of hydrogen-bond acceptors (Lipinski definition) is 15. The normalized spacial score (nSPS) is 25.8. The maximum absolute atomic E-state index is 15.3. The maximum Gasteiger partial charge on any atom is 0.315 e. The number of rotatable bonds is 19. The molecule has 0 aromatic heterocycles. The highest BCUT2D eigenvalue weighted by molar-refractivity contribution is 8.00. The van der Waals surface area contributed by atoms with Crippen molar-refractivity contribution in [1.82, 2.24) is 55.6 Å². The van der Waals surface area contributed by atoms with E-state index in [0.29, 0.717) is 6.42 Å². The van der Waals surface area contributed by atoms with Crippen LogP contribution in [0.15, 0.2) is 12.2 Å². The van der Waals surface area contributed by atoms with Gasteiger partial charge in [-0.05, 0) is 93.8 Å². The first-order valence-corrected chi connectivity index (χ1v) is 33.3. The van der Waals surface area contributed by atoms with E-state index in [1.54, 1.807) is 60.6 Å². The van der Waals surface area contributed by atoms with E-state index in [0.717, 1.165) is 21.6 Å². The van der Waals surface area contributed by atoms with E-state index >= 15 is 14.4 Å². The van der Waals surface area contributed by atoms with Gasteiger partial charge < -0.3 is 65.4 Å². The Bertz CT molecular complexity index is 2510. The Balaban J connectivity index is 4.47. The minimum Gasteiger partial charge on any atom is -0.468 e. The zero-order valence-electron chi connectivity index (χ0n) is 59.2. The molecule has 12 atom stereocenters. The molecule has 520 valence electrons. The molecule has 0 aliphatic carbocycles. The number of thioether (sulfide) groups is 1. The predicted octanol–water partition coefficient (Wildman–Crippen LogP) is 3.16. The van der Waals surface area contributed by atoms with Crippen LogP contribution in [-0.2, 0) is 62.3 Å². The number of carbonyl (C=O) groups is 12. The summed E-state index contributed by atoms with van der Waals surface area (Å²) in [6.07, 6.45) is 2.78. The van der Waals surface area contributed by atoms with E-state index in [-0.39, 0.29) is 67.3 Å². The van der Waals surface area contributed by atoms with Crippen molar-refractivity contribution in [2.75, 3.05) is 74.5 Å². The molecule has 91 heavy (non-hydrogen) atoms. The van der Waals surface area contributed by atoms with Crippen LogP contribution in [0, 0.1) is 41.4 Å². The highest BCUT2D eigenvalue weighted by atomic mass is 32.2. The van der Waals surface area contributed by atoms with E-state index in [1.165, 1.54) is 87.9 Å². The van der Waals surface area contributed by atoms with E-state index in [2.05, 4.69) is 21.3 Å². The molecule has 0 aromatic carbocycles. The molecule has 0 bridgehead atoms. The van der Waals surface area contributed by atoms with Crippen LogP contribution in [0.25, 0.3) is 0 Å². The van der Waals surface area contributed by atoms with E-state index in [4.69, 9.17) is 4.74 Å². The highest BCUT2D eigenvalue weighted by Gasteiger charge is 2.46. The van der Waals surface area contributed by atoms with Crippen LogP contribution < -0.4 is 21.3 Å². The molecule has 1 aliphatic heterocycles. The largest absolute Gasteiger partial charge is 0.468 e. The molecule has 1 heterocycles. The summed E-state index contributed by atoms with van der Waals surface area (Å²) >= 11 is 0.979. The fraction of sp³-hybridized carbons (Fsp3) is 0.785. The Morgan fingerprint density at radius 2 is 0.978 bits per heavy atom. The first-order valence-electron chi connectivity index (χ1n) is 32.1. The number of methoxy groups -OCH3 is 1. The van der Waals surface area contributed by atoms with Crippen LogP contribution in [0.4, 0.5) is 0 Å². The Morgan fingerprint density at radius 3 is 1.44 bits per heavy atom. The fourth-order valence-corrected chi connectivity index (χ4v) is 11.9. The van der Waals surface area contributed by atoms with Gasteiger partial charge in [0.25, 0.3) is 0 Å². The lowest BCUT2D eigenvalue weighted by Crippen LogP contribution is -2.63. The van der Waals surface area contributed by atoms with Gasteiger partial charge in [0.2, 0.25) is 65.0 Å². The molecule has 5 N–H and O–H groups in total. The first kappa shape index (κ1) is 82.7. The van der Waals surface area contributed by atoms with Crippen LogP contribution in [-0.4, -0.2) is 251 Å². The minimum absolute atomic E-state index is 0.00667. The molecule has 0 unspecified atom stereocenters. The molecule has 26 heteroatoms. The highest BCUT2D eigenvalue weighted by Crippen LogP contribution is 2.26. The summed E-state index contributed by atoms with van der Waals surface area (Å²) in [5, 5.41) is 23.2. The fourth-order valence-electron chi connectivity index (χ4n) is 11.0. The van der Waals surface area contributed by atoms with Gasteiger partial charge >= 0.3 is 5.97 Å². The molecule has 25 nitrogen and oxygen atoms in total. The number of hydrogen-bond donors (Lipinski definition) is 5. The second-order valence-electron chi connectivity index (χ2n) is 27.0. The van der Waals surface area contributed by atoms with Crippen molar-refractivity contribution >= 4 is 82.7 Å². The number of likely N-dealkylation sites (N-methyl/N-ethyl adjacent to an activating group) is 7. The number of amides is 11. The number of esters is 1. The molecular weight excluding hydrogens is 1190 g/mol. The lowest BCUT2D eigenvalue weighted by molar-refractivity contribution is -0.157. The Labute approximate surface area is 547 Å². The average molecular weight is 1310 g/mol. The quantitative estimate of drug-likeness (QED) is 0.0917. The third-order valence-electron chi connectivity index (χ3n) is 16.7. The number of carbonyl (C=O) groups excluding carboxylic acids is 12. The lowest BCUT2D eigenvalue weighted by Gasteiger charge is -2.41. The Hall–Kier alpha value is -6.31. The molecule has 0 radical (unpaired) electrons. The number of aliphatic hydroxyl groups is 1. The van der Waals surface area contributed by atoms with Gasteiger partial charge in [-0.2, -0.15) is 0 Å². The molecule has 11 amide bonds. The maximum atomic E-state index is 15.3. The summed E-state index contributed by atoms with van der Waals surface area (Å²) in [4.78, 5) is 183. The first-order chi connectivity index (χ1) is 42.1. The molecule has 1 rings (SSSR count). The van der Waals surface area contributed by atoms with E-state index < -0.39 is 162 Å². The second-order valence-corrected chi connectivity index (χ2v) is 28.0. The Morgan fingerprint density at radius 1 is 0.538 bits per heavy atom. The summed E-state index contributed by atoms with van der Waals surface area (Å²) in [6, 6.07) is -13.0. The molecule has 0 spiro atoms. The van der Waals surface area contributed by atoms with Crippen molar-refractivity contribution in [2.45, 2.75) is 216 Å². The molecule has 1 fully saturated rings. The Kier molecular flexibility index (Phi) is 35.1. The van der Waals surface area contributed by atoms with Crippen LogP contribution in [0.3, 0.4) is 0 Å². The van der Waals surface area contributed by atoms with Crippen LogP contribution >= 0.6 is 11.8 Å². The molecular formula is C65H115N11O14S. The van der Waals surface area contributed by atoms with Gasteiger partial charge in [-0.25, -0.2) is 0 Å².